The van der Waals surface area contributed by atoms with Gasteiger partial charge in [-0.1, -0.05) is 0 Å². The van der Waals surface area contributed by atoms with Crippen LogP contribution in [-0.4, -0.2) is 33.5 Å². The largest absolute Gasteiger partial charge is 0.390 e. The van der Waals surface area contributed by atoms with Gasteiger partial charge in [-0.15, -0.1) is 24.8 Å². The molecular formula is C20H36Cl2N2O2. The fraction of sp³-hybridized carbons (Fsp3) is 1.00. The van der Waals surface area contributed by atoms with Crippen molar-refractivity contribution in [1.29, 1.82) is 0 Å². The van der Waals surface area contributed by atoms with Crippen LogP contribution in [0.25, 0.3) is 0 Å². The molecule has 0 saturated heterocycles. The molecule has 0 heterocycles. The van der Waals surface area contributed by atoms with E-state index in [0.29, 0.717) is 35.8 Å². The summed E-state index contributed by atoms with van der Waals surface area (Å²) in [6, 6.07) is 0.809. The molecular weight excluding hydrogens is 371 g/mol. The van der Waals surface area contributed by atoms with E-state index in [9.17, 15) is 10.2 Å². The number of nitrogens with two attached hydrogens (primary N) is 2. The van der Waals surface area contributed by atoms with Gasteiger partial charge in [0, 0.05) is 12.1 Å². The van der Waals surface area contributed by atoms with Gasteiger partial charge in [-0.2, -0.15) is 0 Å². The molecule has 0 radical (unpaired) electrons. The highest BCUT2D eigenvalue weighted by Gasteiger charge is 2.54. The normalized spacial score (nSPS) is 57.7. The molecule has 152 valence electrons. The van der Waals surface area contributed by atoms with Gasteiger partial charge >= 0.3 is 0 Å². The van der Waals surface area contributed by atoms with Crippen LogP contribution in [0.1, 0.15) is 64.2 Å². The lowest BCUT2D eigenvalue weighted by Crippen LogP contribution is -2.59. The van der Waals surface area contributed by atoms with Crippen molar-refractivity contribution in [3.8, 4) is 0 Å². The minimum Gasteiger partial charge on any atom is -0.390 e. The van der Waals surface area contributed by atoms with Crippen molar-refractivity contribution >= 4 is 24.8 Å². The molecule has 4 nitrogen and oxygen atoms in total. The van der Waals surface area contributed by atoms with Crippen LogP contribution in [-0.2, 0) is 0 Å². The van der Waals surface area contributed by atoms with Crippen LogP contribution in [0.5, 0.6) is 0 Å². The van der Waals surface area contributed by atoms with Crippen LogP contribution in [0.3, 0.4) is 0 Å². The van der Waals surface area contributed by atoms with Crippen LogP contribution in [0.15, 0.2) is 0 Å². The number of halogens is 2. The molecule has 0 amide bonds. The number of hydrogen-bond acceptors (Lipinski definition) is 4. The molecule has 8 bridgehead atoms. The Morgan fingerprint density at radius 3 is 1.04 bits per heavy atom. The first-order valence-corrected chi connectivity index (χ1v) is 10.3. The molecule has 0 aromatic carbocycles. The molecule has 8 fully saturated rings. The van der Waals surface area contributed by atoms with Crippen LogP contribution >= 0.6 is 24.8 Å². The third kappa shape index (κ3) is 3.44. The maximum atomic E-state index is 10.2. The quantitative estimate of drug-likeness (QED) is 0.497. The van der Waals surface area contributed by atoms with Gasteiger partial charge in [0.1, 0.15) is 0 Å². The second kappa shape index (κ2) is 7.03. The van der Waals surface area contributed by atoms with E-state index in [1.54, 1.807) is 0 Å². The van der Waals surface area contributed by atoms with E-state index in [-0.39, 0.29) is 36.0 Å². The Balaban J connectivity index is 0.000000140. The summed E-state index contributed by atoms with van der Waals surface area (Å²) in [6.45, 7) is 0. The molecule has 8 saturated carbocycles. The summed E-state index contributed by atoms with van der Waals surface area (Å²) in [7, 11) is 0. The zero-order chi connectivity index (χ0) is 16.7. The summed E-state index contributed by atoms with van der Waals surface area (Å²) < 4.78 is 0. The van der Waals surface area contributed by atoms with Gasteiger partial charge < -0.3 is 21.7 Å². The van der Waals surface area contributed by atoms with E-state index in [1.165, 1.54) is 25.7 Å². The Morgan fingerprint density at radius 2 is 0.808 bits per heavy atom. The third-order valence-corrected chi connectivity index (χ3v) is 8.63. The molecule has 0 aromatic heterocycles. The van der Waals surface area contributed by atoms with Crippen LogP contribution < -0.4 is 11.5 Å². The summed E-state index contributed by atoms with van der Waals surface area (Å²) in [5.74, 6) is 4.16. The summed E-state index contributed by atoms with van der Waals surface area (Å²) in [5, 5.41) is 20.3. The predicted molar refractivity (Wildman–Crippen MR) is 107 cm³/mol. The van der Waals surface area contributed by atoms with E-state index >= 15 is 0 Å². The highest BCUT2D eigenvalue weighted by molar-refractivity contribution is 5.85. The Kier molecular flexibility index (Phi) is 5.72. The van der Waals surface area contributed by atoms with Gasteiger partial charge in [-0.25, -0.2) is 0 Å². The predicted octanol–water partition coefficient (Wildman–Crippen LogP) is 2.61. The zero-order valence-electron chi connectivity index (χ0n) is 15.6. The SMILES string of the molecule is Cl.Cl.NC1C2CC3C[C@@H]1CC(O)(C3)C2.NC1C2CC3C[C@H]1CC(O)(C3)C2. The summed E-state index contributed by atoms with van der Waals surface area (Å²) >= 11 is 0. The van der Waals surface area contributed by atoms with E-state index in [0.717, 1.165) is 50.4 Å². The van der Waals surface area contributed by atoms with Crippen molar-refractivity contribution in [3.63, 3.8) is 0 Å². The highest BCUT2D eigenvalue weighted by Crippen LogP contribution is 2.56. The fourth-order valence-electron chi connectivity index (χ4n) is 8.04. The molecule has 0 aliphatic heterocycles. The Hall–Kier alpha value is 0.420. The van der Waals surface area contributed by atoms with Crippen molar-refractivity contribution in [1.82, 2.24) is 0 Å². The first-order valence-electron chi connectivity index (χ1n) is 10.3. The molecule has 6 heteroatoms. The standard InChI is InChI=1S/2C10H17NO.2ClH/c2*11-9-7-1-6-2-8(9)5-10(12,3-6)4-7;;/h2*6-9,12H,1-5,11H2;2*1H/t2*6?,7-,8?,9?,10?;;/m10../s1. The van der Waals surface area contributed by atoms with Crippen molar-refractivity contribution in [2.75, 3.05) is 0 Å². The number of rotatable bonds is 0. The van der Waals surface area contributed by atoms with Gasteiger partial charge in [0.25, 0.3) is 0 Å². The molecule has 8 aliphatic rings. The summed E-state index contributed by atoms with van der Waals surface area (Å²) in [5.41, 5.74) is 11.6. The van der Waals surface area contributed by atoms with Gasteiger partial charge in [0.2, 0.25) is 0 Å². The average molecular weight is 407 g/mol. The van der Waals surface area contributed by atoms with Gasteiger partial charge in [-0.3, -0.25) is 0 Å². The Labute approximate surface area is 169 Å². The lowest BCUT2D eigenvalue weighted by molar-refractivity contribution is -0.133. The maximum absolute atomic E-state index is 10.2. The third-order valence-electron chi connectivity index (χ3n) is 8.63. The van der Waals surface area contributed by atoms with Crippen molar-refractivity contribution < 1.29 is 10.2 Å². The molecule has 0 aromatic rings. The summed E-state index contributed by atoms with van der Waals surface area (Å²) in [6.07, 6.45) is 11.2. The molecule has 26 heavy (non-hydrogen) atoms. The Morgan fingerprint density at radius 1 is 0.538 bits per heavy atom. The van der Waals surface area contributed by atoms with E-state index in [4.69, 9.17) is 11.5 Å². The minimum atomic E-state index is -0.299. The van der Waals surface area contributed by atoms with Crippen LogP contribution in [0.4, 0.5) is 0 Å². The second-order valence-corrected chi connectivity index (χ2v) is 10.5. The number of hydrogen-bond donors (Lipinski definition) is 4. The first kappa shape index (κ1) is 21.1. The van der Waals surface area contributed by atoms with Crippen LogP contribution in [0.2, 0.25) is 0 Å². The Bertz CT molecular complexity index is 456. The lowest BCUT2D eigenvalue weighted by atomic mass is 9.52. The van der Waals surface area contributed by atoms with E-state index in [2.05, 4.69) is 0 Å². The molecule has 6 N–H and O–H groups in total. The van der Waals surface area contributed by atoms with Gasteiger partial charge in [0.05, 0.1) is 11.2 Å². The fourth-order valence-corrected chi connectivity index (χ4v) is 8.04. The van der Waals surface area contributed by atoms with Crippen molar-refractivity contribution in [3.05, 3.63) is 0 Å². The smallest absolute Gasteiger partial charge is 0.0657 e. The van der Waals surface area contributed by atoms with Gasteiger partial charge in [0.15, 0.2) is 0 Å². The van der Waals surface area contributed by atoms with E-state index in [1.807, 2.05) is 0 Å². The maximum Gasteiger partial charge on any atom is 0.0657 e. The van der Waals surface area contributed by atoms with E-state index < -0.39 is 0 Å². The monoisotopic (exact) mass is 406 g/mol. The van der Waals surface area contributed by atoms with Crippen molar-refractivity contribution in [2.24, 2.45) is 47.0 Å². The molecule has 8 aliphatic carbocycles. The molecule has 10 atom stereocenters. The highest BCUT2D eigenvalue weighted by atomic mass is 35.5. The zero-order valence-corrected chi connectivity index (χ0v) is 17.2. The summed E-state index contributed by atoms with van der Waals surface area (Å²) in [4.78, 5) is 0. The molecule has 8 unspecified atom stereocenters. The molecule has 0 spiro atoms. The van der Waals surface area contributed by atoms with Crippen LogP contribution in [0, 0.1) is 35.5 Å². The average Bonchev–Trinajstić information content (AvgIpc) is 2.47. The number of aliphatic hydroxyl groups is 2. The van der Waals surface area contributed by atoms with Gasteiger partial charge in [-0.05, 0) is 99.7 Å². The second-order valence-electron chi connectivity index (χ2n) is 10.5. The first-order chi connectivity index (χ1) is 11.3. The minimum absolute atomic E-state index is 0. The topological polar surface area (TPSA) is 92.5 Å². The lowest BCUT2D eigenvalue weighted by Gasteiger charge is -2.57. The van der Waals surface area contributed by atoms with Crippen molar-refractivity contribution in [2.45, 2.75) is 87.5 Å². The molecule has 8 rings (SSSR count).